The SMILES string of the molecule is CCCCCCCCCC(=O)N[C@H](C(=O)N1C[C@H](O)C[C@H]1C(=O)NCc1ccc(-c2scnc2C)cc1)C(C)(C)C. The van der Waals surface area contributed by atoms with E-state index in [-0.39, 0.29) is 30.7 Å². The molecule has 1 aromatic heterocycles. The lowest BCUT2D eigenvalue weighted by molar-refractivity contribution is -0.144. The van der Waals surface area contributed by atoms with Crippen LogP contribution in [-0.2, 0) is 20.9 Å². The van der Waals surface area contributed by atoms with Crippen LogP contribution in [0.4, 0.5) is 0 Å². The van der Waals surface area contributed by atoms with Gasteiger partial charge in [0.15, 0.2) is 0 Å². The Hall–Kier alpha value is -2.78. The first-order chi connectivity index (χ1) is 19.5. The molecule has 3 amide bonds. The lowest BCUT2D eigenvalue weighted by Crippen LogP contribution is -2.57. The lowest BCUT2D eigenvalue weighted by Gasteiger charge is -2.35. The van der Waals surface area contributed by atoms with Crippen LogP contribution in [0.5, 0.6) is 0 Å². The molecule has 0 saturated carbocycles. The molecular weight excluding hydrogens is 536 g/mol. The van der Waals surface area contributed by atoms with E-state index in [4.69, 9.17) is 0 Å². The summed E-state index contributed by atoms with van der Waals surface area (Å²) in [6.45, 7) is 10.3. The molecule has 0 bridgehead atoms. The number of hydrogen-bond donors (Lipinski definition) is 3. The normalized spacial score (nSPS) is 17.9. The number of aliphatic hydroxyl groups is 1. The highest BCUT2D eigenvalue weighted by molar-refractivity contribution is 7.13. The van der Waals surface area contributed by atoms with Crippen LogP contribution in [0.1, 0.15) is 96.7 Å². The first-order valence-corrected chi connectivity index (χ1v) is 15.9. The fourth-order valence-corrected chi connectivity index (χ4v) is 6.07. The highest BCUT2D eigenvalue weighted by atomic mass is 32.1. The number of aromatic nitrogens is 1. The third-order valence-electron chi connectivity index (χ3n) is 7.72. The predicted molar refractivity (Wildman–Crippen MR) is 164 cm³/mol. The van der Waals surface area contributed by atoms with Crippen LogP contribution in [0.25, 0.3) is 10.4 Å². The average Bonchev–Trinajstić information content (AvgIpc) is 3.54. The van der Waals surface area contributed by atoms with Crippen molar-refractivity contribution >= 4 is 29.1 Å². The van der Waals surface area contributed by atoms with Crippen molar-refractivity contribution in [2.45, 2.75) is 117 Å². The minimum absolute atomic E-state index is 0.0695. The molecule has 8 nitrogen and oxygen atoms in total. The van der Waals surface area contributed by atoms with Crippen molar-refractivity contribution < 1.29 is 19.5 Å². The van der Waals surface area contributed by atoms with Gasteiger partial charge in [-0.15, -0.1) is 11.3 Å². The molecule has 9 heteroatoms. The molecule has 0 radical (unpaired) electrons. The Morgan fingerprint density at radius 1 is 1.07 bits per heavy atom. The van der Waals surface area contributed by atoms with Gasteiger partial charge in [-0.1, -0.05) is 90.5 Å². The van der Waals surface area contributed by atoms with Crippen LogP contribution in [0.3, 0.4) is 0 Å². The summed E-state index contributed by atoms with van der Waals surface area (Å²) < 4.78 is 0. The number of nitrogens with one attached hydrogen (secondary N) is 2. The van der Waals surface area contributed by atoms with Gasteiger partial charge in [0, 0.05) is 25.9 Å². The average molecular weight is 585 g/mol. The number of unbranched alkanes of at least 4 members (excludes halogenated alkanes) is 6. The Balaban J connectivity index is 1.57. The van der Waals surface area contributed by atoms with Gasteiger partial charge in [0.2, 0.25) is 17.7 Å². The molecule has 1 aliphatic heterocycles. The molecule has 41 heavy (non-hydrogen) atoms. The number of nitrogens with zero attached hydrogens (tertiary/aromatic N) is 2. The fraction of sp³-hybridized carbons (Fsp3) is 0.625. The fourth-order valence-electron chi connectivity index (χ4n) is 5.26. The minimum Gasteiger partial charge on any atom is -0.391 e. The second-order valence-corrected chi connectivity index (χ2v) is 13.2. The van der Waals surface area contributed by atoms with E-state index in [2.05, 4.69) is 22.5 Å². The quantitative estimate of drug-likeness (QED) is 0.259. The number of carbonyl (C=O) groups excluding carboxylic acids is 3. The molecule has 2 heterocycles. The van der Waals surface area contributed by atoms with E-state index >= 15 is 0 Å². The van der Waals surface area contributed by atoms with E-state index in [0.29, 0.717) is 13.0 Å². The van der Waals surface area contributed by atoms with E-state index in [1.807, 2.05) is 57.5 Å². The second kappa shape index (κ2) is 15.4. The zero-order valence-corrected chi connectivity index (χ0v) is 26.2. The number of benzene rings is 1. The van der Waals surface area contributed by atoms with Crippen LogP contribution in [-0.4, -0.2) is 57.4 Å². The van der Waals surface area contributed by atoms with Crippen molar-refractivity contribution in [1.82, 2.24) is 20.5 Å². The van der Waals surface area contributed by atoms with Gasteiger partial charge < -0.3 is 20.6 Å². The molecule has 3 atom stereocenters. The number of rotatable bonds is 14. The number of β-amino-alcohol motifs (C(OH)–C–C–N with tert-alkyl or cyclic N) is 1. The Morgan fingerprint density at radius 2 is 1.73 bits per heavy atom. The van der Waals surface area contributed by atoms with Crippen LogP contribution >= 0.6 is 11.3 Å². The molecule has 0 aliphatic carbocycles. The van der Waals surface area contributed by atoms with Gasteiger partial charge >= 0.3 is 0 Å². The molecule has 1 aliphatic rings. The molecule has 226 valence electrons. The maximum absolute atomic E-state index is 13.7. The zero-order chi connectivity index (χ0) is 30.0. The summed E-state index contributed by atoms with van der Waals surface area (Å²) in [4.78, 5) is 46.6. The van der Waals surface area contributed by atoms with Gasteiger partial charge in [0.05, 0.1) is 22.2 Å². The summed E-state index contributed by atoms with van der Waals surface area (Å²) in [5.74, 6) is -0.782. The zero-order valence-electron chi connectivity index (χ0n) is 25.4. The minimum atomic E-state index is -0.791. The van der Waals surface area contributed by atoms with Crippen LogP contribution in [0.2, 0.25) is 0 Å². The Kier molecular flexibility index (Phi) is 12.3. The number of aliphatic hydroxyl groups excluding tert-OH is 1. The number of aryl methyl sites for hydroxylation is 1. The van der Waals surface area contributed by atoms with Crippen molar-refractivity contribution in [3.63, 3.8) is 0 Å². The highest BCUT2D eigenvalue weighted by Gasteiger charge is 2.44. The van der Waals surface area contributed by atoms with E-state index in [1.165, 1.54) is 30.6 Å². The van der Waals surface area contributed by atoms with Crippen molar-refractivity contribution in [3.05, 3.63) is 41.0 Å². The molecule has 0 unspecified atom stereocenters. The number of likely N-dealkylation sites (tertiary alicyclic amines) is 1. The van der Waals surface area contributed by atoms with Crippen molar-refractivity contribution in [2.75, 3.05) is 6.54 Å². The third kappa shape index (κ3) is 9.64. The Labute approximate surface area is 249 Å². The number of carbonyl (C=O) groups is 3. The standard InChI is InChI=1S/C32H48N4O4S/c1-6-7-8-9-10-11-12-13-27(38)35-29(32(3,4)5)31(40)36-20-25(37)18-26(36)30(39)33-19-23-14-16-24(17-15-23)28-22(2)34-21-41-28/h14-17,21,25-26,29,37H,6-13,18-20H2,1-5H3,(H,33,39)(H,35,38)/t25-,26+,29-/m1/s1. The molecule has 1 aromatic carbocycles. The molecule has 1 saturated heterocycles. The van der Waals surface area contributed by atoms with Crippen molar-refractivity contribution in [1.29, 1.82) is 0 Å². The third-order valence-corrected chi connectivity index (χ3v) is 8.70. The van der Waals surface area contributed by atoms with Crippen LogP contribution < -0.4 is 10.6 Å². The smallest absolute Gasteiger partial charge is 0.246 e. The van der Waals surface area contributed by atoms with Gasteiger partial charge in [-0.2, -0.15) is 0 Å². The first kappa shape index (κ1) is 32.7. The van der Waals surface area contributed by atoms with Gasteiger partial charge in [-0.25, -0.2) is 4.98 Å². The van der Waals surface area contributed by atoms with Gasteiger partial charge in [-0.3, -0.25) is 14.4 Å². The van der Waals surface area contributed by atoms with E-state index in [0.717, 1.165) is 41.0 Å². The van der Waals surface area contributed by atoms with Crippen LogP contribution in [0, 0.1) is 12.3 Å². The summed E-state index contributed by atoms with van der Waals surface area (Å²) in [7, 11) is 0. The van der Waals surface area contributed by atoms with Crippen molar-refractivity contribution in [3.8, 4) is 10.4 Å². The van der Waals surface area contributed by atoms with Gasteiger partial charge in [0.1, 0.15) is 12.1 Å². The van der Waals surface area contributed by atoms with E-state index < -0.39 is 23.6 Å². The molecule has 1 fully saturated rings. The van der Waals surface area contributed by atoms with Crippen LogP contribution in [0.15, 0.2) is 29.8 Å². The Bertz CT molecular complexity index is 1140. The second-order valence-electron chi connectivity index (χ2n) is 12.3. The Morgan fingerprint density at radius 3 is 2.34 bits per heavy atom. The lowest BCUT2D eigenvalue weighted by atomic mass is 9.85. The van der Waals surface area contributed by atoms with Gasteiger partial charge in [-0.05, 0) is 29.9 Å². The maximum atomic E-state index is 13.7. The van der Waals surface area contributed by atoms with E-state index in [9.17, 15) is 19.5 Å². The molecule has 3 N–H and O–H groups in total. The topological polar surface area (TPSA) is 112 Å². The number of thiazole rings is 1. The summed E-state index contributed by atoms with van der Waals surface area (Å²) in [6.07, 6.45) is 7.56. The number of amides is 3. The molecule has 2 aromatic rings. The first-order valence-electron chi connectivity index (χ1n) is 15.1. The maximum Gasteiger partial charge on any atom is 0.246 e. The summed E-state index contributed by atoms with van der Waals surface area (Å²) in [5.41, 5.74) is 4.28. The number of hydrogen-bond acceptors (Lipinski definition) is 6. The molecule has 3 rings (SSSR count). The van der Waals surface area contributed by atoms with E-state index in [1.54, 1.807) is 11.3 Å². The molecular formula is C32H48N4O4S. The highest BCUT2D eigenvalue weighted by Crippen LogP contribution is 2.28. The monoisotopic (exact) mass is 584 g/mol. The summed E-state index contributed by atoms with van der Waals surface area (Å²) >= 11 is 1.59. The predicted octanol–water partition coefficient (Wildman–Crippen LogP) is 5.37. The molecule has 0 spiro atoms. The summed E-state index contributed by atoms with van der Waals surface area (Å²) in [5, 5.41) is 16.3. The van der Waals surface area contributed by atoms with Crippen molar-refractivity contribution in [2.24, 2.45) is 5.41 Å². The largest absolute Gasteiger partial charge is 0.391 e. The summed E-state index contributed by atoms with van der Waals surface area (Å²) in [6, 6.07) is 6.39. The van der Waals surface area contributed by atoms with Gasteiger partial charge in [0.25, 0.3) is 0 Å².